The highest BCUT2D eigenvalue weighted by molar-refractivity contribution is 6.62. The van der Waals surface area contributed by atoms with Gasteiger partial charge in [0, 0.05) is 5.57 Å². The molecule has 0 aromatic rings. The van der Waals surface area contributed by atoms with Crippen molar-refractivity contribution in [1.82, 2.24) is 0 Å². The van der Waals surface area contributed by atoms with E-state index >= 15 is 0 Å². The molecule has 0 aliphatic heterocycles. The highest BCUT2D eigenvalue weighted by Crippen LogP contribution is 2.33. The van der Waals surface area contributed by atoms with E-state index in [4.69, 9.17) is 18.0 Å². The smallest absolute Gasteiger partial charge is 0.454 e. The first kappa shape index (κ1) is 24.3. The lowest BCUT2D eigenvalue weighted by atomic mass is 10.2. The molecule has 148 valence electrons. The molecule has 0 heterocycles. The van der Waals surface area contributed by atoms with Gasteiger partial charge in [0.1, 0.15) is 0 Å². The van der Waals surface area contributed by atoms with E-state index in [-0.39, 0.29) is 0 Å². The number of ether oxygens (including phenoxy) is 1. The van der Waals surface area contributed by atoms with Crippen LogP contribution in [0.25, 0.3) is 0 Å². The van der Waals surface area contributed by atoms with Gasteiger partial charge in [-0.3, -0.25) is 0 Å². The summed E-state index contributed by atoms with van der Waals surface area (Å²) in [6.07, 6.45) is 0.521. The molecule has 0 aromatic heterocycles. The van der Waals surface area contributed by atoms with E-state index in [1.807, 2.05) is 69.2 Å². The molecular formula is C19H38O5Si. The van der Waals surface area contributed by atoms with Crippen LogP contribution in [-0.2, 0) is 22.8 Å². The largest absolute Gasteiger partial charge is 0.545 e. The SMILES string of the molecule is C=C(C)C(=O)OC(CC)[Si](OC(C)(C)C)(OC(C)(C)C)OC(C)(C)C. The van der Waals surface area contributed by atoms with Crippen LogP contribution in [0.2, 0.25) is 0 Å². The fourth-order valence-corrected chi connectivity index (χ4v) is 6.01. The fourth-order valence-electron chi connectivity index (χ4n) is 2.18. The molecule has 5 nitrogen and oxygen atoms in total. The minimum atomic E-state index is -3.42. The maximum atomic E-state index is 12.2. The minimum absolute atomic E-state index is 0.337. The first-order chi connectivity index (χ1) is 10.9. The Kier molecular flexibility index (Phi) is 8.10. The van der Waals surface area contributed by atoms with E-state index in [0.29, 0.717) is 12.0 Å². The molecule has 0 bridgehead atoms. The van der Waals surface area contributed by atoms with Crippen molar-refractivity contribution in [3.8, 4) is 0 Å². The van der Waals surface area contributed by atoms with Gasteiger partial charge >= 0.3 is 14.8 Å². The number of hydrogen-bond donors (Lipinski definition) is 0. The highest BCUT2D eigenvalue weighted by Gasteiger charge is 2.58. The van der Waals surface area contributed by atoms with Gasteiger partial charge in [-0.1, -0.05) is 13.5 Å². The molecule has 0 aliphatic carbocycles. The predicted octanol–water partition coefficient (Wildman–Crippen LogP) is 4.81. The molecule has 0 amide bonds. The second kappa shape index (κ2) is 8.33. The third-order valence-electron chi connectivity index (χ3n) is 2.71. The van der Waals surface area contributed by atoms with Crippen LogP contribution in [-0.4, -0.2) is 37.3 Å². The van der Waals surface area contributed by atoms with Crippen LogP contribution in [0.4, 0.5) is 0 Å². The number of hydrogen-bond acceptors (Lipinski definition) is 5. The quantitative estimate of drug-likeness (QED) is 0.364. The summed E-state index contributed by atoms with van der Waals surface area (Å²) in [5.74, 6) is -0.462. The van der Waals surface area contributed by atoms with E-state index in [2.05, 4.69) is 6.58 Å². The Morgan fingerprint density at radius 1 is 0.880 bits per heavy atom. The molecule has 0 saturated heterocycles. The molecule has 0 radical (unpaired) electrons. The highest BCUT2D eigenvalue weighted by atomic mass is 28.4. The van der Waals surface area contributed by atoms with Crippen molar-refractivity contribution >= 4 is 14.8 Å². The molecule has 0 N–H and O–H groups in total. The molecule has 0 rings (SSSR count). The molecule has 1 unspecified atom stereocenters. The first-order valence-corrected chi connectivity index (χ1v) is 10.7. The van der Waals surface area contributed by atoms with Gasteiger partial charge in [0.25, 0.3) is 0 Å². The summed E-state index contributed by atoms with van der Waals surface area (Å²) < 4.78 is 24.9. The van der Waals surface area contributed by atoms with Gasteiger partial charge in [0.05, 0.1) is 16.8 Å². The molecule has 0 aromatic carbocycles. The topological polar surface area (TPSA) is 54.0 Å². The van der Waals surface area contributed by atoms with E-state index in [1.165, 1.54) is 0 Å². The summed E-state index contributed by atoms with van der Waals surface area (Å²) in [6.45, 7) is 24.7. The van der Waals surface area contributed by atoms with Crippen molar-refractivity contribution in [3.05, 3.63) is 12.2 Å². The van der Waals surface area contributed by atoms with E-state index in [1.54, 1.807) is 6.92 Å². The predicted molar refractivity (Wildman–Crippen MR) is 103 cm³/mol. The summed E-state index contributed by atoms with van der Waals surface area (Å²) >= 11 is 0. The molecule has 6 heteroatoms. The van der Waals surface area contributed by atoms with Crippen LogP contribution < -0.4 is 0 Å². The van der Waals surface area contributed by atoms with Crippen LogP contribution >= 0.6 is 0 Å². The summed E-state index contributed by atoms with van der Waals surface area (Å²) in [6, 6.07) is 0. The van der Waals surface area contributed by atoms with Crippen molar-refractivity contribution in [2.45, 2.75) is 105 Å². The first-order valence-electron chi connectivity index (χ1n) is 8.88. The Balaban J connectivity index is 6.15. The number of rotatable bonds is 7. The monoisotopic (exact) mass is 374 g/mol. The lowest BCUT2D eigenvalue weighted by molar-refractivity contribution is -0.151. The zero-order valence-corrected chi connectivity index (χ0v) is 19.0. The van der Waals surface area contributed by atoms with Gasteiger partial charge in [0.15, 0.2) is 5.73 Å². The number of carbonyl (C=O) groups is 1. The maximum Gasteiger partial charge on any atom is 0.545 e. The Morgan fingerprint density at radius 2 is 1.20 bits per heavy atom. The lowest BCUT2D eigenvalue weighted by Crippen LogP contribution is -2.65. The van der Waals surface area contributed by atoms with E-state index in [0.717, 1.165) is 0 Å². The van der Waals surface area contributed by atoms with Gasteiger partial charge < -0.3 is 18.0 Å². The summed E-state index contributed by atoms with van der Waals surface area (Å²) in [5.41, 5.74) is -1.85. The molecular weight excluding hydrogens is 336 g/mol. The average molecular weight is 375 g/mol. The van der Waals surface area contributed by atoms with Crippen LogP contribution in [0.1, 0.15) is 82.6 Å². The van der Waals surface area contributed by atoms with Gasteiger partial charge in [-0.15, -0.1) is 0 Å². The van der Waals surface area contributed by atoms with Gasteiger partial charge in [-0.2, -0.15) is 0 Å². The Hall–Kier alpha value is -0.693. The Morgan fingerprint density at radius 3 is 1.40 bits per heavy atom. The van der Waals surface area contributed by atoms with Crippen LogP contribution in [0.15, 0.2) is 12.2 Å². The second-order valence-electron chi connectivity index (χ2n) is 9.33. The zero-order valence-electron chi connectivity index (χ0n) is 18.0. The van der Waals surface area contributed by atoms with E-state index in [9.17, 15) is 4.79 Å². The fraction of sp³-hybridized carbons (Fsp3) is 0.842. The normalized spacial score (nSPS) is 15.0. The van der Waals surface area contributed by atoms with Crippen LogP contribution in [0, 0.1) is 0 Å². The molecule has 1 atom stereocenters. The van der Waals surface area contributed by atoms with Crippen molar-refractivity contribution in [1.29, 1.82) is 0 Å². The van der Waals surface area contributed by atoms with Crippen molar-refractivity contribution in [3.63, 3.8) is 0 Å². The molecule has 0 fully saturated rings. The van der Waals surface area contributed by atoms with Crippen LogP contribution in [0.5, 0.6) is 0 Å². The number of esters is 1. The van der Waals surface area contributed by atoms with Crippen molar-refractivity contribution in [2.75, 3.05) is 0 Å². The summed E-state index contributed by atoms with van der Waals surface area (Å²) in [7, 11) is -3.42. The van der Waals surface area contributed by atoms with E-state index < -0.39 is 37.3 Å². The lowest BCUT2D eigenvalue weighted by Gasteiger charge is -2.45. The number of carbonyl (C=O) groups excluding carboxylic acids is 1. The molecule has 0 aliphatic rings. The summed E-state index contributed by atoms with van der Waals surface area (Å²) in [5, 5.41) is 0. The second-order valence-corrected chi connectivity index (χ2v) is 11.8. The zero-order chi connectivity index (χ0) is 20.3. The maximum absolute atomic E-state index is 12.2. The summed E-state index contributed by atoms with van der Waals surface area (Å²) in [4.78, 5) is 12.2. The molecule has 25 heavy (non-hydrogen) atoms. The molecule has 0 saturated carbocycles. The van der Waals surface area contributed by atoms with Gasteiger partial charge in [-0.25, -0.2) is 4.79 Å². The van der Waals surface area contributed by atoms with Crippen LogP contribution in [0.3, 0.4) is 0 Å². The van der Waals surface area contributed by atoms with Gasteiger partial charge in [-0.05, 0) is 75.7 Å². The standard InChI is InChI=1S/C19H38O5Si/c1-13-15(21-16(20)14(2)3)25(22-17(4,5)6,23-18(7,8)9)24-19(10,11)12/h15H,2,13H2,1,3-12H3. The minimum Gasteiger partial charge on any atom is -0.454 e. The van der Waals surface area contributed by atoms with Crippen molar-refractivity contribution < 1.29 is 22.8 Å². The Labute approximate surface area is 155 Å². The Bertz CT molecular complexity index is 425. The molecule has 0 spiro atoms. The third-order valence-corrected chi connectivity index (χ3v) is 6.71. The third kappa shape index (κ3) is 9.54. The van der Waals surface area contributed by atoms with Crippen molar-refractivity contribution in [2.24, 2.45) is 0 Å². The van der Waals surface area contributed by atoms with Gasteiger partial charge in [0.2, 0.25) is 0 Å². The average Bonchev–Trinajstić information content (AvgIpc) is 2.28.